The molecule has 6 heteroatoms. The highest BCUT2D eigenvalue weighted by molar-refractivity contribution is 6.07. The third-order valence-electron chi connectivity index (χ3n) is 6.82. The van der Waals surface area contributed by atoms with E-state index in [1.165, 1.54) is 0 Å². The molecule has 2 aromatic rings. The van der Waals surface area contributed by atoms with Crippen LogP contribution in [0, 0.1) is 11.8 Å². The maximum absolute atomic E-state index is 13.2. The second-order valence-corrected chi connectivity index (χ2v) is 9.36. The number of fused-ring (bicyclic) bond motifs is 1. The van der Waals surface area contributed by atoms with Gasteiger partial charge in [0, 0.05) is 37.7 Å². The van der Waals surface area contributed by atoms with Crippen molar-refractivity contribution in [2.24, 2.45) is 11.8 Å². The van der Waals surface area contributed by atoms with Gasteiger partial charge in [-0.1, -0.05) is 50.2 Å². The molecule has 0 aromatic heterocycles. The van der Waals surface area contributed by atoms with Crippen molar-refractivity contribution < 1.29 is 14.4 Å². The van der Waals surface area contributed by atoms with Crippen molar-refractivity contribution in [1.82, 2.24) is 15.1 Å². The molecule has 0 aliphatic carbocycles. The van der Waals surface area contributed by atoms with Crippen molar-refractivity contribution in [3.63, 3.8) is 0 Å². The van der Waals surface area contributed by atoms with E-state index < -0.39 is 6.04 Å². The van der Waals surface area contributed by atoms with Crippen LogP contribution in [0.4, 0.5) is 0 Å². The lowest BCUT2D eigenvalue weighted by molar-refractivity contribution is -0.138. The third-order valence-corrected chi connectivity index (χ3v) is 6.82. The van der Waals surface area contributed by atoms with E-state index in [2.05, 4.69) is 5.32 Å². The number of hydrogen-bond acceptors (Lipinski definition) is 3. The summed E-state index contributed by atoms with van der Waals surface area (Å²) in [6, 6.07) is 13.2. The normalized spacial score (nSPS) is 18.2. The van der Waals surface area contributed by atoms with Crippen molar-refractivity contribution >= 4 is 28.5 Å². The maximum atomic E-state index is 13.2. The fraction of sp³-hybridized carbons (Fsp3) is 0.500. The molecule has 1 N–H and O–H groups in total. The average molecular weight is 436 g/mol. The maximum Gasteiger partial charge on any atom is 0.254 e. The van der Waals surface area contributed by atoms with E-state index in [1.807, 2.05) is 66.1 Å². The van der Waals surface area contributed by atoms with E-state index in [4.69, 9.17) is 0 Å². The summed E-state index contributed by atoms with van der Waals surface area (Å²) in [6.07, 6.45) is 3.30. The number of rotatable bonds is 5. The van der Waals surface area contributed by atoms with Crippen LogP contribution >= 0.6 is 0 Å². The molecule has 2 saturated heterocycles. The van der Waals surface area contributed by atoms with E-state index in [1.54, 1.807) is 0 Å². The SMILES string of the molecule is CC(C)[C@H](NC(=O)C1CCN(C(=O)c2cccc3ccccc23)CC1)C(=O)N1CCCC1. The molecule has 170 valence electrons. The zero-order valence-corrected chi connectivity index (χ0v) is 19.0. The van der Waals surface area contributed by atoms with Crippen molar-refractivity contribution in [2.75, 3.05) is 26.2 Å². The zero-order valence-electron chi connectivity index (χ0n) is 19.0. The van der Waals surface area contributed by atoms with Gasteiger partial charge in [-0.2, -0.15) is 0 Å². The van der Waals surface area contributed by atoms with E-state index in [0.29, 0.717) is 31.5 Å². The van der Waals surface area contributed by atoms with Gasteiger partial charge in [-0.3, -0.25) is 14.4 Å². The molecule has 0 radical (unpaired) electrons. The fourth-order valence-corrected chi connectivity index (χ4v) is 4.85. The lowest BCUT2D eigenvalue weighted by Gasteiger charge is -2.33. The van der Waals surface area contributed by atoms with Crippen LogP contribution in [0.1, 0.15) is 49.9 Å². The number of carbonyl (C=O) groups is 3. The first-order valence-corrected chi connectivity index (χ1v) is 11.8. The summed E-state index contributed by atoms with van der Waals surface area (Å²) in [5.41, 5.74) is 0.710. The van der Waals surface area contributed by atoms with Crippen LogP contribution in [-0.2, 0) is 9.59 Å². The van der Waals surface area contributed by atoms with Crippen LogP contribution in [0.15, 0.2) is 42.5 Å². The van der Waals surface area contributed by atoms with Crippen LogP contribution in [0.5, 0.6) is 0 Å². The van der Waals surface area contributed by atoms with Gasteiger partial charge in [-0.25, -0.2) is 0 Å². The third kappa shape index (κ3) is 4.64. The van der Waals surface area contributed by atoms with Crippen LogP contribution in [0.2, 0.25) is 0 Å². The first-order valence-electron chi connectivity index (χ1n) is 11.8. The Morgan fingerprint density at radius 1 is 0.875 bits per heavy atom. The van der Waals surface area contributed by atoms with Crippen molar-refractivity contribution in [2.45, 2.75) is 45.6 Å². The second-order valence-electron chi connectivity index (χ2n) is 9.36. The molecule has 6 nitrogen and oxygen atoms in total. The summed E-state index contributed by atoms with van der Waals surface area (Å²) >= 11 is 0. The molecule has 1 atom stereocenters. The van der Waals surface area contributed by atoms with Crippen LogP contribution in [-0.4, -0.2) is 59.7 Å². The Hall–Kier alpha value is -2.89. The van der Waals surface area contributed by atoms with Gasteiger partial charge in [0.05, 0.1) is 0 Å². The summed E-state index contributed by atoms with van der Waals surface area (Å²) in [5.74, 6) is -0.132. The summed E-state index contributed by atoms with van der Waals surface area (Å²) in [6.45, 7) is 6.62. The molecule has 2 heterocycles. The highest BCUT2D eigenvalue weighted by atomic mass is 16.2. The minimum Gasteiger partial charge on any atom is -0.344 e. The van der Waals surface area contributed by atoms with Gasteiger partial charge in [0.25, 0.3) is 5.91 Å². The lowest BCUT2D eigenvalue weighted by atomic mass is 9.93. The Kier molecular flexibility index (Phi) is 6.77. The van der Waals surface area contributed by atoms with Crippen LogP contribution < -0.4 is 5.32 Å². The first kappa shape index (κ1) is 22.3. The monoisotopic (exact) mass is 435 g/mol. The van der Waals surface area contributed by atoms with Gasteiger partial charge in [0.15, 0.2) is 0 Å². The Labute approximate surface area is 189 Å². The first-order chi connectivity index (χ1) is 15.5. The lowest BCUT2D eigenvalue weighted by Crippen LogP contribution is -2.53. The molecule has 0 saturated carbocycles. The molecular weight excluding hydrogens is 402 g/mol. The van der Waals surface area contributed by atoms with Crippen molar-refractivity contribution in [1.29, 1.82) is 0 Å². The van der Waals surface area contributed by atoms with Gasteiger partial charge in [-0.05, 0) is 48.4 Å². The fourth-order valence-electron chi connectivity index (χ4n) is 4.85. The van der Waals surface area contributed by atoms with Gasteiger partial charge >= 0.3 is 0 Å². The van der Waals surface area contributed by atoms with E-state index in [9.17, 15) is 14.4 Å². The number of piperidine rings is 1. The molecule has 0 unspecified atom stereocenters. The number of benzene rings is 2. The second kappa shape index (κ2) is 9.72. The number of carbonyl (C=O) groups excluding carboxylic acids is 3. The average Bonchev–Trinajstić information content (AvgIpc) is 3.36. The Bertz CT molecular complexity index is 983. The van der Waals surface area contributed by atoms with Gasteiger partial charge in [0.2, 0.25) is 11.8 Å². The zero-order chi connectivity index (χ0) is 22.7. The Morgan fingerprint density at radius 3 is 2.22 bits per heavy atom. The summed E-state index contributed by atoms with van der Waals surface area (Å²) in [7, 11) is 0. The number of nitrogens with zero attached hydrogens (tertiary/aromatic N) is 2. The van der Waals surface area contributed by atoms with E-state index in [-0.39, 0.29) is 29.6 Å². The van der Waals surface area contributed by atoms with Crippen molar-refractivity contribution in [3.05, 3.63) is 48.0 Å². The molecular formula is C26H33N3O3. The van der Waals surface area contributed by atoms with Gasteiger partial charge in [-0.15, -0.1) is 0 Å². The number of likely N-dealkylation sites (tertiary alicyclic amines) is 2. The summed E-state index contributed by atoms with van der Waals surface area (Å²) in [5, 5.41) is 5.04. The van der Waals surface area contributed by atoms with Gasteiger partial charge < -0.3 is 15.1 Å². The van der Waals surface area contributed by atoms with E-state index >= 15 is 0 Å². The quantitative estimate of drug-likeness (QED) is 0.782. The topological polar surface area (TPSA) is 69.7 Å². The molecule has 3 amide bonds. The van der Waals surface area contributed by atoms with E-state index in [0.717, 1.165) is 36.7 Å². The number of amides is 3. The molecule has 2 aliphatic heterocycles. The summed E-state index contributed by atoms with van der Waals surface area (Å²) < 4.78 is 0. The standard InChI is InChI=1S/C26H33N3O3/c1-18(2)23(26(32)28-14-5-6-15-28)27-24(30)20-12-16-29(17-13-20)25(31)22-11-7-9-19-8-3-4-10-21(19)22/h3-4,7-11,18,20,23H,5-6,12-17H2,1-2H3,(H,27,30)/t23-/m0/s1. The molecule has 2 fully saturated rings. The predicted molar refractivity (Wildman–Crippen MR) is 125 cm³/mol. The summed E-state index contributed by atoms with van der Waals surface area (Å²) in [4.78, 5) is 42.7. The molecule has 4 rings (SSSR count). The molecule has 0 bridgehead atoms. The molecule has 2 aromatic carbocycles. The van der Waals surface area contributed by atoms with Crippen molar-refractivity contribution in [3.8, 4) is 0 Å². The molecule has 2 aliphatic rings. The minimum atomic E-state index is -0.476. The molecule has 0 spiro atoms. The predicted octanol–water partition coefficient (Wildman–Crippen LogP) is 3.46. The highest BCUT2D eigenvalue weighted by Gasteiger charge is 2.34. The van der Waals surface area contributed by atoms with Gasteiger partial charge in [0.1, 0.15) is 6.04 Å². The van der Waals surface area contributed by atoms with Crippen LogP contribution in [0.3, 0.4) is 0 Å². The Morgan fingerprint density at radius 2 is 1.53 bits per heavy atom. The largest absolute Gasteiger partial charge is 0.344 e. The Balaban J connectivity index is 1.36. The molecule has 32 heavy (non-hydrogen) atoms. The smallest absolute Gasteiger partial charge is 0.254 e. The number of hydrogen-bond donors (Lipinski definition) is 1. The highest BCUT2D eigenvalue weighted by Crippen LogP contribution is 2.24. The van der Waals surface area contributed by atoms with Crippen LogP contribution in [0.25, 0.3) is 10.8 Å². The number of nitrogens with one attached hydrogen (secondary N) is 1. The minimum absolute atomic E-state index is 0.0185.